The largest absolute Gasteiger partial charge is 0.493 e. The molecule has 7 nitrogen and oxygen atoms in total. The number of nitrogens with one attached hydrogen (secondary N) is 1. The van der Waals surface area contributed by atoms with E-state index in [1.54, 1.807) is 31.4 Å². The summed E-state index contributed by atoms with van der Waals surface area (Å²) in [7, 11) is 3.14. The van der Waals surface area contributed by atoms with E-state index in [9.17, 15) is 8.78 Å². The van der Waals surface area contributed by atoms with E-state index in [0.29, 0.717) is 6.54 Å². The van der Waals surface area contributed by atoms with E-state index in [2.05, 4.69) is 29.8 Å². The fourth-order valence-electron chi connectivity index (χ4n) is 3.22. The zero-order valence-corrected chi connectivity index (χ0v) is 19.3. The molecule has 0 aliphatic carbocycles. The first-order chi connectivity index (χ1) is 14.1. The number of guanidine groups is 1. The molecule has 0 spiro atoms. The lowest BCUT2D eigenvalue weighted by Crippen LogP contribution is -2.52. The minimum atomic E-state index is -2.91. The number of aliphatic imine (C=N–C) groups is 1. The van der Waals surface area contributed by atoms with Crippen molar-refractivity contribution in [2.45, 2.75) is 13.2 Å². The summed E-state index contributed by atoms with van der Waals surface area (Å²) >= 11 is 0. The van der Waals surface area contributed by atoms with Crippen LogP contribution in [0.2, 0.25) is 0 Å². The fourth-order valence-corrected chi connectivity index (χ4v) is 3.22. The summed E-state index contributed by atoms with van der Waals surface area (Å²) in [5, 5.41) is 3.29. The highest BCUT2D eigenvalue weighted by atomic mass is 127. The molecule has 1 aliphatic rings. The molecular weight excluding hydrogens is 507 g/mol. The maximum atomic E-state index is 12.6. The predicted molar refractivity (Wildman–Crippen MR) is 123 cm³/mol. The van der Waals surface area contributed by atoms with Gasteiger partial charge in [0.05, 0.1) is 7.11 Å². The predicted octanol–water partition coefficient (Wildman–Crippen LogP) is 3.21. The van der Waals surface area contributed by atoms with Crippen molar-refractivity contribution in [3.63, 3.8) is 0 Å². The van der Waals surface area contributed by atoms with Crippen molar-refractivity contribution in [2.75, 3.05) is 45.2 Å². The van der Waals surface area contributed by atoms with Gasteiger partial charge in [-0.1, -0.05) is 12.1 Å². The molecule has 1 aliphatic heterocycles. The first-order valence-electron chi connectivity index (χ1n) is 9.34. The summed E-state index contributed by atoms with van der Waals surface area (Å²) in [6, 6.07) is 10.9. The number of ether oxygens (including phenoxy) is 2. The molecule has 164 valence electrons. The van der Waals surface area contributed by atoms with Gasteiger partial charge in [-0.2, -0.15) is 8.78 Å². The third-order valence-corrected chi connectivity index (χ3v) is 4.66. The second kappa shape index (κ2) is 11.7. The van der Waals surface area contributed by atoms with E-state index in [1.165, 1.54) is 7.11 Å². The van der Waals surface area contributed by atoms with E-state index in [4.69, 9.17) is 4.74 Å². The maximum Gasteiger partial charge on any atom is 0.387 e. The number of anilines is 1. The molecular formula is C20H26F2IN5O2. The molecule has 0 bridgehead atoms. The topological polar surface area (TPSA) is 62.2 Å². The Bertz CT molecular complexity index is 818. The van der Waals surface area contributed by atoms with Gasteiger partial charge in [0, 0.05) is 46.0 Å². The van der Waals surface area contributed by atoms with E-state index in [0.717, 1.165) is 43.5 Å². The van der Waals surface area contributed by atoms with Crippen molar-refractivity contribution < 1.29 is 18.3 Å². The SMILES string of the molecule is CN=C(NCc1ccc(OC)c(OC(F)F)c1)N1CCN(c2ccccn2)CC1.I. The van der Waals surface area contributed by atoms with Gasteiger partial charge in [-0.25, -0.2) is 4.98 Å². The monoisotopic (exact) mass is 533 g/mol. The Morgan fingerprint density at radius 2 is 1.93 bits per heavy atom. The number of benzene rings is 1. The highest BCUT2D eigenvalue weighted by molar-refractivity contribution is 14.0. The lowest BCUT2D eigenvalue weighted by molar-refractivity contribution is -0.0512. The molecule has 0 atom stereocenters. The Labute approximate surface area is 192 Å². The van der Waals surface area contributed by atoms with Crippen LogP contribution in [0.25, 0.3) is 0 Å². The van der Waals surface area contributed by atoms with Crippen LogP contribution in [0.3, 0.4) is 0 Å². The van der Waals surface area contributed by atoms with E-state index < -0.39 is 6.61 Å². The molecule has 1 saturated heterocycles. The quantitative estimate of drug-likeness (QED) is 0.350. The van der Waals surface area contributed by atoms with Gasteiger partial charge in [0.25, 0.3) is 0 Å². The minimum Gasteiger partial charge on any atom is -0.493 e. The molecule has 0 radical (unpaired) electrons. The molecule has 0 unspecified atom stereocenters. The van der Waals surface area contributed by atoms with E-state index >= 15 is 0 Å². The van der Waals surface area contributed by atoms with Crippen molar-refractivity contribution >= 4 is 35.8 Å². The van der Waals surface area contributed by atoms with Crippen LogP contribution in [0.15, 0.2) is 47.6 Å². The summed E-state index contributed by atoms with van der Waals surface area (Å²) in [6.07, 6.45) is 1.79. The zero-order valence-electron chi connectivity index (χ0n) is 16.9. The van der Waals surface area contributed by atoms with Gasteiger partial charge in [0.1, 0.15) is 5.82 Å². The Morgan fingerprint density at radius 3 is 2.53 bits per heavy atom. The standard InChI is InChI=1S/C20H25F2N5O2.HI/c1-23-20(27-11-9-26(10-12-27)18-5-3-4-8-24-18)25-14-15-6-7-16(28-2)17(13-15)29-19(21)22;/h3-8,13,19H,9-12,14H2,1-2H3,(H,23,25);1H. The molecule has 1 fully saturated rings. The van der Waals surface area contributed by atoms with Crippen molar-refractivity contribution in [3.05, 3.63) is 48.2 Å². The van der Waals surface area contributed by atoms with E-state index in [-0.39, 0.29) is 35.5 Å². The van der Waals surface area contributed by atoms with Crippen LogP contribution in [0.4, 0.5) is 14.6 Å². The van der Waals surface area contributed by atoms with Crippen LogP contribution in [-0.4, -0.2) is 62.8 Å². The van der Waals surface area contributed by atoms with Gasteiger partial charge in [-0.15, -0.1) is 24.0 Å². The molecule has 30 heavy (non-hydrogen) atoms. The molecule has 0 saturated carbocycles. The van der Waals surface area contributed by atoms with Crippen molar-refractivity contribution in [2.24, 2.45) is 4.99 Å². The normalized spacial score (nSPS) is 14.4. The lowest BCUT2D eigenvalue weighted by Gasteiger charge is -2.37. The van der Waals surface area contributed by atoms with Crippen molar-refractivity contribution in [3.8, 4) is 11.5 Å². The Hall–Kier alpha value is -2.37. The van der Waals surface area contributed by atoms with Gasteiger partial charge in [-0.05, 0) is 29.8 Å². The summed E-state index contributed by atoms with van der Waals surface area (Å²) in [6.45, 7) is 0.808. The number of halogens is 3. The van der Waals surface area contributed by atoms with Crippen LogP contribution in [0.1, 0.15) is 5.56 Å². The third-order valence-electron chi connectivity index (χ3n) is 4.66. The Morgan fingerprint density at radius 1 is 1.17 bits per heavy atom. The Balaban J connectivity index is 0.00000320. The summed E-state index contributed by atoms with van der Waals surface area (Å²) in [5.74, 6) is 2.02. The summed E-state index contributed by atoms with van der Waals surface area (Å²) < 4.78 is 34.8. The smallest absolute Gasteiger partial charge is 0.387 e. The number of rotatable bonds is 6. The van der Waals surface area contributed by atoms with Crippen LogP contribution in [0, 0.1) is 0 Å². The van der Waals surface area contributed by atoms with Crippen LogP contribution >= 0.6 is 24.0 Å². The molecule has 2 aromatic rings. The first-order valence-corrected chi connectivity index (χ1v) is 9.34. The number of nitrogens with zero attached hydrogens (tertiary/aromatic N) is 4. The maximum absolute atomic E-state index is 12.6. The lowest BCUT2D eigenvalue weighted by atomic mass is 10.2. The first kappa shape index (κ1) is 23.9. The average molecular weight is 533 g/mol. The van der Waals surface area contributed by atoms with E-state index in [1.807, 2.05) is 18.2 Å². The minimum absolute atomic E-state index is 0. The number of pyridine rings is 1. The highest BCUT2D eigenvalue weighted by Crippen LogP contribution is 2.29. The molecule has 2 heterocycles. The van der Waals surface area contributed by atoms with Crippen LogP contribution < -0.4 is 19.7 Å². The third kappa shape index (κ3) is 6.31. The second-order valence-electron chi connectivity index (χ2n) is 6.43. The molecule has 0 amide bonds. The van der Waals surface area contributed by atoms with Gasteiger partial charge >= 0.3 is 6.61 Å². The molecule has 3 rings (SSSR count). The second-order valence-corrected chi connectivity index (χ2v) is 6.43. The number of piperazine rings is 1. The molecule has 10 heteroatoms. The van der Waals surface area contributed by atoms with Gasteiger partial charge in [-0.3, -0.25) is 4.99 Å². The fraction of sp³-hybridized carbons (Fsp3) is 0.400. The van der Waals surface area contributed by atoms with Gasteiger partial charge in [0.15, 0.2) is 17.5 Å². The average Bonchev–Trinajstić information content (AvgIpc) is 2.75. The van der Waals surface area contributed by atoms with Gasteiger partial charge in [0.2, 0.25) is 0 Å². The van der Waals surface area contributed by atoms with Crippen molar-refractivity contribution in [1.29, 1.82) is 0 Å². The number of hydrogen-bond donors (Lipinski definition) is 1. The van der Waals surface area contributed by atoms with Crippen LogP contribution in [-0.2, 0) is 6.54 Å². The molecule has 1 aromatic carbocycles. The number of alkyl halides is 2. The summed E-state index contributed by atoms with van der Waals surface area (Å²) in [5.41, 5.74) is 0.787. The molecule has 1 aromatic heterocycles. The van der Waals surface area contributed by atoms with Crippen LogP contribution in [0.5, 0.6) is 11.5 Å². The van der Waals surface area contributed by atoms with Crippen molar-refractivity contribution in [1.82, 2.24) is 15.2 Å². The number of methoxy groups -OCH3 is 1. The number of hydrogen-bond acceptors (Lipinski definition) is 5. The number of aromatic nitrogens is 1. The Kier molecular flexibility index (Phi) is 9.34. The van der Waals surface area contributed by atoms with Gasteiger partial charge < -0.3 is 24.6 Å². The highest BCUT2D eigenvalue weighted by Gasteiger charge is 2.20. The zero-order chi connectivity index (χ0) is 20.6. The molecule has 1 N–H and O–H groups in total. The summed E-state index contributed by atoms with van der Waals surface area (Å²) in [4.78, 5) is 13.2.